The van der Waals surface area contributed by atoms with Crippen LogP contribution in [-0.4, -0.2) is 38.2 Å². The summed E-state index contributed by atoms with van der Waals surface area (Å²) in [6, 6.07) is 22.0. The zero-order valence-corrected chi connectivity index (χ0v) is 18.4. The minimum Gasteiger partial charge on any atom is -0.345 e. The number of quaternary nitrogens is 1. The summed E-state index contributed by atoms with van der Waals surface area (Å²) in [7, 11) is 1.85. The lowest BCUT2D eigenvalue weighted by atomic mass is 10.0. The molecule has 5 nitrogen and oxygen atoms in total. The molecule has 0 saturated heterocycles. The van der Waals surface area contributed by atoms with Gasteiger partial charge >= 0.3 is 0 Å². The molecule has 0 aliphatic heterocycles. The molecule has 0 radical (unpaired) electrons. The van der Waals surface area contributed by atoms with E-state index in [2.05, 4.69) is 34.9 Å². The van der Waals surface area contributed by atoms with Gasteiger partial charge in [0.1, 0.15) is 0 Å². The maximum atomic E-state index is 12.5. The summed E-state index contributed by atoms with van der Waals surface area (Å²) in [5.41, 5.74) is 1.86. The fraction of sp³-hybridized carbons (Fsp3) is 0.250. The predicted molar refractivity (Wildman–Crippen MR) is 124 cm³/mol. The molecular weight excluding hydrogens is 394 g/mol. The van der Waals surface area contributed by atoms with Crippen molar-refractivity contribution in [2.45, 2.75) is 17.9 Å². The Hall–Kier alpha value is -2.83. The van der Waals surface area contributed by atoms with Crippen LogP contribution >= 0.6 is 11.8 Å². The summed E-state index contributed by atoms with van der Waals surface area (Å²) in [6.07, 6.45) is 1.98. The second-order valence-electron chi connectivity index (χ2n) is 7.45. The summed E-state index contributed by atoms with van der Waals surface area (Å²) in [4.78, 5) is 26.7. The highest BCUT2D eigenvalue weighted by molar-refractivity contribution is 7.98. The number of hydrogen-bond acceptors (Lipinski definition) is 3. The Morgan fingerprint density at radius 1 is 0.933 bits per heavy atom. The average molecular weight is 423 g/mol. The highest BCUT2D eigenvalue weighted by Crippen LogP contribution is 2.24. The molecule has 0 aromatic heterocycles. The molecule has 0 saturated carbocycles. The van der Waals surface area contributed by atoms with Crippen LogP contribution in [0, 0.1) is 0 Å². The summed E-state index contributed by atoms with van der Waals surface area (Å²) in [5.74, 6) is -0.185. The van der Waals surface area contributed by atoms with Crippen LogP contribution < -0.4 is 15.5 Å². The SMILES string of the molecule is CSc1ccccc1NC(=O)C[NH+](C)CC(=O)N[C@H](C)c1ccc2ccccc2c1. The van der Waals surface area contributed by atoms with Crippen molar-refractivity contribution in [3.63, 3.8) is 0 Å². The highest BCUT2D eigenvalue weighted by Gasteiger charge is 2.17. The maximum Gasteiger partial charge on any atom is 0.279 e. The van der Waals surface area contributed by atoms with Crippen LogP contribution in [-0.2, 0) is 9.59 Å². The largest absolute Gasteiger partial charge is 0.345 e. The Morgan fingerprint density at radius 3 is 2.37 bits per heavy atom. The first-order valence-electron chi connectivity index (χ1n) is 9.98. The van der Waals surface area contributed by atoms with E-state index in [0.29, 0.717) is 0 Å². The van der Waals surface area contributed by atoms with E-state index in [4.69, 9.17) is 0 Å². The van der Waals surface area contributed by atoms with Crippen LogP contribution in [0.3, 0.4) is 0 Å². The Labute approximate surface area is 181 Å². The van der Waals surface area contributed by atoms with Gasteiger partial charge in [0.25, 0.3) is 11.8 Å². The summed E-state index contributed by atoms with van der Waals surface area (Å²) in [6.45, 7) is 2.43. The second-order valence-corrected chi connectivity index (χ2v) is 8.30. The molecular formula is C24H28N3O2S+. The van der Waals surface area contributed by atoms with Crippen molar-refractivity contribution in [2.75, 3.05) is 31.7 Å². The zero-order valence-electron chi connectivity index (χ0n) is 17.6. The number of nitrogens with one attached hydrogen (secondary N) is 3. The van der Waals surface area contributed by atoms with E-state index in [-0.39, 0.29) is 30.9 Å². The van der Waals surface area contributed by atoms with Crippen LogP contribution in [0.25, 0.3) is 10.8 Å². The molecule has 2 atom stereocenters. The lowest BCUT2D eigenvalue weighted by Gasteiger charge is -2.18. The normalized spacial score (nSPS) is 12.9. The Kier molecular flexibility index (Phi) is 7.49. The first-order valence-corrected chi connectivity index (χ1v) is 11.2. The van der Waals surface area contributed by atoms with Crippen LogP contribution in [0.1, 0.15) is 18.5 Å². The van der Waals surface area contributed by atoms with E-state index in [1.165, 1.54) is 5.39 Å². The third kappa shape index (κ3) is 5.84. The quantitative estimate of drug-likeness (QED) is 0.489. The maximum absolute atomic E-state index is 12.5. The molecule has 0 spiro atoms. The van der Waals surface area contributed by atoms with Gasteiger partial charge in [-0.25, -0.2) is 0 Å². The molecule has 0 fully saturated rings. The van der Waals surface area contributed by atoms with Crippen molar-refractivity contribution >= 4 is 40.0 Å². The topological polar surface area (TPSA) is 62.6 Å². The number of amides is 2. The number of carbonyl (C=O) groups is 2. The van der Waals surface area contributed by atoms with Gasteiger partial charge in [0.15, 0.2) is 13.1 Å². The smallest absolute Gasteiger partial charge is 0.279 e. The molecule has 0 aliphatic rings. The van der Waals surface area contributed by atoms with Crippen molar-refractivity contribution in [1.29, 1.82) is 0 Å². The molecule has 1 unspecified atom stereocenters. The third-order valence-electron chi connectivity index (χ3n) is 4.96. The molecule has 6 heteroatoms. The molecule has 3 aromatic rings. The molecule has 30 heavy (non-hydrogen) atoms. The summed E-state index contributed by atoms with van der Waals surface area (Å²) < 4.78 is 0. The third-order valence-corrected chi connectivity index (χ3v) is 5.75. The number of rotatable bonds is 8. The molecule has 0 aliphatic carbocycles. The minimum atomic E-state index is -0.107. The molecule has 3 rings (SSSR count). The Balaban J connectivity index is 1.51. The van der Waals surface area contributed by atoms with E-state index in [1.54, 1.807) is 11.8 Å². The number of hydrogen-bond donors (Lipinski definition) is 3. The standard InChI is InChI=1S/C24H27N3O2S/c1-17(19-13-12-18-8-4-5-9-20(18)14-19)25-23(28)15-27(2)16-24(29)26-21-10-6-7-11-22(21)30-3/h4-14,17H,15-16H2,1-3H3,(H,25,28)(H,26,29)/p+1/t17-/m1/s1. The highest BCUT2D eigenvalue weighted by atomic mass is 32.2. The van der Waals surface area contributed by atoms with Gasteiger partial charge in [-0.2, -0.15) is 0 Å². The van der Waals surface area contributed by atoms with Gasteiger partial charge in [0.05, 0.1) is 18.8 Å². The molecule has 156 valence electrons. The lowest BCUT2D eigenvalue weighted by molar-refractivity contribution is -0.862. The fourth-order valence-electron chi connectivity index (χ4n) is 3.41. The fourth-order valence-corrected chi connectivity index (χ4v) is 3.96. The molecule has 3 aromatic carbocycles. The van der Waals surface area contributed by atoms with Gasteiger partial charge < -0.3 is 15.5 Å². The van der Waals surface area contributed by atoms with E-state index in [1.807, 2.05) is 62.7 Å². The molecule has 2 amide bonds. The number of para-hydroxylation sites is 1. The minimum absolute atomic E-state index is 0.0783. The average Bonchev–Trinajstić information content (AvgIpc) is 2.73. The lowest BCUT2D eigenvalue weighted by Crippen LogP contribution is -3.11. The van der Waals surface area contributed by atoms with Gasteiger partial charge in [-0.3, -0.25) is 9.59 Å². The zero-order chi connectivity index (χ0) is 21.5. The predicted octanol–water partition coefficient (Wildman–Crippen LogP) is 2.89. The van der Waals surface area contributed by atoms with Crippen molar-refractivity contribution in [2.24, 2.45) is 0 Å². The molecule has 0 bridgehead atoms. The Morgan fingerprint density at radius 2 is 1.60 bits per heavy atom. The van der Waals surface area contributed by atoms with Gasteiger partial charge in [0.2, 0.25) is 0 Å². The number of carbonyl (C=O) groups excluding carboxylic acids is 2. The van der Waals surface area contributed by atoms with Crippen LogP contribution in [0.5, 0.6) is 0 Å². The number of anilines is 1. The van der Waals surface area contributed by atoms with E-state index >= 15 is 0 Å². The van der Waals surface area contributed by atoms with E-state index in [0.717, 1.165) is 26.4 Å². The molecule has 0 heterocycles. The summed E-state index contributed by atoms with van der Waals surface area (Å²) >= 11 is 1.59. The van der Waals surface area contributed by atoms with Gasteiger partial charge in [-0.1, -0.05) is 48.5 Å². The second kappa shape index (κ2) is 10.3. The number of benzene rings is 3. The Bertz CT molecular complexity index is 1040. The first kappa shape index (κ1) is 21.9. The van der Waals surface area contributed by atoms with Gasteiger partial charge in [-0.05, 0) is 47.7 Å². The van der Waals surface area contributed by atoms with Crippen molar-refractivity contribution in [1.82, 2.24) is 5.32 Å². The number of likely N-dealkylation sites (N-methyl/N-ethyl adjacent to an activating group) is 1. The van der Waals surface area contributed by atoms with Gasteiger partial charge in [-0.15, -0.1) is 11.8 Å². The van der Waals surface area contributed by atoms with Crippen molar-refractivity contribution in [3.8, 4) is 0 Å². The summed E-state index contributed by atoms with van der Waals surface area (Å²) in [5, 5.41) is 8.31. The van der Waals surface area contributed by atoms with Crippen molar-refractivity contribution < 1.29 is 14.5 Å². The van der Waals surface area contributed by atoms with Crippen molar-refractivity contribution in [3.05, 3.63) is 72.3 Å². The number of fused-ring (bicyclic) bond motifs is 1. The van der Waals surface area contributed by atoms with Gasteiger partial charge in [0, 0.05) is 4.90 Å². The first-order chi connectivity index (χ1) is 14.5. The van der Waals surface area contributed by atoms with E-state index in [9.17, 15) is 9.59 Å². The van der Waals surface area contributed by atoms with Crippen LogP contribution in [0.2, 0.25) is 0 Å². The number of thioether (sulfide) groups is 1. The van der Waals surface area contributed by atoms with Crippen LogP contribution in [0.15, 0.2) is 71.6 Å². The monoisotopic (exact) mass is 422 g/mol. The van der Waals surface area contributed by atoms with E-state index < -0.39 is 0 Å². The molecule has 3 N–H and O–H groups in total. The van der Waals surface area contributed by atoms with Crippen LogP contribution in [0.4, 0.5) is 5.69 Å².